The molecule has 0 radical (unpaired) electrons. The lowest BCUT2D eigenvalue weighted by molar-refractivity contribution is -0.139. The lowest BCUT2D eigenvalue weighted by Crippen LogP contribution is -2.09. The van der Waals surface area contributed by atoms with Crippen LogP contribution in [-0.2, 0) is 11.0 Å². The lowest BCUT2D eigenvalue weighted by Gasteiger charge is -2.13. The van der Waals surface area contributed by atoms with Gasteiger partial charge in [0.05, 0.1) is 12.2 Å². The summed E-state index contributed by atoms with van der Waals surface area (Å²) in [6.45, 7) is 1.86. The molecule has 0 atom stereocenters. The van der Waals surface area contributed by atoms with Gasteiger partial charge in [-0.3, -0.25) is 4.79 Å². The minimum absolute atomic E-state index is 0.0858. The molecule has 0 spiro atoms. The SMILES string of the molecule is CCC(=O)CCCOc1ccccc1C(F)(F)F. The van der Waals surface area contributed by atoms with Gasteiger partial charge in [0.2, 0.25) is 0 Å². The molecule has 0 amide bonds. The van der Waals surface area contributed by atoms with Crippen molar-refractivity contribution in [1.82, 2.24) is 0 Å². The van der Waals surface area contributed by atoms with Crippen molar-refractivity contribution in [3.63, 3.8) is 0 Å². The summed E-state index contributed by atoms with van der Waals surface area (Å²) in [6.07, 6.45) is -3.21. The summed E-state index contributed by atoms with van der Waals surface area (Å²) in [6, 6.07) is 5.06. The number of ether oxygens (including phenoxy) is 1. The average Bonchev–Trinajstić information content (AvgIpc) is 2.33. The highest BCUT2D eigenvalue weighted by Gasteiger charge is 2.33. The van der Waals surface area contributed by atoms with Crippen LogP contribution in [0.3, 0.4) is 0 Å². The molecule has 2 nitrogen and oxygen atoms in total. The van der Waals surface area contributed by atoms with Crippen molar-refractivity contribution in [3.05, 3.63) is 29.8 Å². The maximum Gasteiger partial charge on any atom is 0.419 e. The van der Waals surface area contributed by atoms with E-state index in [1.165, 1.54) is 18.2 Å². The van der Waals surface area contributed by atoms with Gasteiger partial charge in [0, 0.05) is 12.8 Å². The molecule has 0 heterocycles. The van der Waals surface area contributed by atoms with Gasteiger partial charge in [-0.05, 0) is 18.6 Å². The molecule has 0 unspecified atom stereocenters. The smallest absolute Gasteiger partial charge is 0.419 e. The standard InChI is InChI=1S/C13H15F3O2/c1-2-10(17)6-5-9-18-12-8-4-3-7-11(12)13(14,15)16/h3-4,7-8H,2,5-6,9H2,1H3. The number of rotatable bonds is 6. The zero-order valence-electron chi connectivity index (χ0n) is 10.1. The molecule has 100 valence electrons. The van der Waals surface area contributed by atoms with E-state index in [9.17, 15) is 18.0 Å². The second-order valence-corrected chi connectivity index (χ2v) is 3.84. The Morgan fingerprint density at radius 3 is 2.56 bits per heavy atom. The largest absolute Gasteiger partial charge is 0.493 e. The number of para-hydroxylation sites is 1. The fourth-order valence-electron chi connectivity index (χ4n) is 1.45. The van der Waals surface area contributed by atoms with Crippen molar-refractivity contribution >= 4 is 5.78 Å². The fraction of sp³-hybridized carbons (Fsp3) is 0.462. The van der Waals surface area contributed by atoms with Crippen LogP contribution in [-0.4, -0.2) is 12.4 Å². The molecule has 5 heteroatoms. The first-order valence-corrected chi connectivity index (χ1v) is 5.76. The van der Waals surface area contributed by atoms with Crippen molar-refractivity contribution in [2.24, 2.45) is 0 Å². The predicted octanol–water partition coefficient (Wildman–Crippen LogP) is 3.84. The van der Waals surface area contributed by atoms with Gasteiger partial charge in [0.15, 0.2) is 0 Å². The van der Waals surface area contributed by atoms with Crippen LogP contribution in [0.5, 0.6) is 5.75 Å². The molecule has 0 saturated carbocycles. The van der Waals surface area contributed by atoms with Crippen LogP contribution >= 0.6 is 0 Å². The summed E-state index contributed by atoms with van der Waals surface area (Å²) in [5.41, 5.74) is -0.785. The Morgan fingerprint density at radius 1 is 1.28 bits per heavy atom. The molecular formula is C13H15F3O2. The van der Waals surface area contributed by atoms with Crippen LogP contribution in [0.25, 0.3) is 0 Å². The van der Waals surface area contributed by atoms with E-state index >= 15 is 0 Å². The second-order valence-electron chi connectivity index (χ2n) is 3.84. The molecule has 0 aliphatic heterocycles. The van der Waals surface area contributed by atoms with Crippen LogP contribution in [0.1, 0.15) is 31.7 Å². The van der Waals surface area contributed by atoms with Gasteiger partial charge in [0.25, 0.3) is 0 Å². The van der Waals surface area contributed by atoms with Gasteiger partial charge in [-0.1, -0.05) is 19.1 Å². The number of carbonyl (C=O) groups is 1. The molecule has 1 rings (SSSR count). The molecule has 0 bridgehead atoms. The summed E-state index contributed by atoms with van der Waals surface area (Å²) >= 11 is 0. The second kappa shape index (κ2) is 6.42. The van der Waals surface area contributed by atoms with Crippen molar-refractivity contribution < 1.29 is 22.7 Å². The summed E-state index contributed by atoms with van der Waals surface area (Å²) in [4.78, 5) is 11.0. The third kappa shape index (κ3) is 4.39. The van der Waals surface area contributed by atoms with Crippen LogP contribution < -0.4 is 4.74 Å². The first kappa shape index (κ1) is 14.5. The topological polar surface area (TPSA) is 26.3 Å². The predicted molar refractivity (Wildman–Crippen MR) is 61.5 cm³/mol. The maximum absolute atomic E-state index is 12.6. The number of halogens is 3. The first-order valence-electron chi connectivity index (χ1n) is 5.76. The molecule has 0 fully saturated rings. The third-order valence-electron chi connectivity index (χ3n) is 2.44. The highest BCUT2D eigenvalue weighted by atomic mass is 19.4. The quantitative estimate of drug-likeness (QED) is 0.726. The summed E-state index contributed by atoms with van der Waals surface area (Å²) in [5.74, 6) is -0.100. The number of benzene rings is 1. The van der Waals surface area contributed by atoms with Crippen LogP contribution in [0, 0.1) is 0 Å². The normalized spacial score (nSPS) is 11.3. The van der Waals surface area contributed by atoms with E-state index < -0.39 is 11.7 Å². The van der Waals surface area contributed by atoms with Gasteiger partial charge < -0.3 is 4.74 Å². The van der Waals surface area contributed by atoms with Crippen molar-refractivity contribution in [3.8, 4) is 5.75 Å². The number of carbonyl (C=O) groups excluding carboxylic acids is 1. The average molecular weight is 260 g/mol. The van der Waals surface area contributed by atoms with Gasteiger partial charge in [-0.2, -0.15) is 13.2 Å². The molecule has 0 aliphatic carbocycles. The summed E-state index contributed by atoms with van der Waals surface area (Å²) < 4.78 is 42.9. The fourth-order valence-corrected chi connectivity index (χ4v) is 1.45. The van der Waals surface area contributed by atoms with E-state index in [-0.39, 0.29) is 18.1 Å². The molecule has 0 aliphatic rings. The van der Waals surface area contributed by atoms with Crippen LogP contribution in [0.4, 0.5) is 13.2 Å². The number of ketones is 1. The van der Waals surface area contributed by atoms with Gasteiger partial charge >= 0.3 is 6.18 Å². The van der Waals surface area contributed by atoms with Crippen molar-refractivity contribution in [1.29, 1.82) is 0 Å². The summed E-state index contributed by atoms with van der Waals surface area (Å²) in [7, 11) is 0. The molecule has 0 aromatic heterocycles. The van der Waals surface area contributed by atoms with E-state index in [0.717, 1.165) is 6.07 Å². The number of Topliss-reactive ketones (excluding diaryl/α,β-unsaturated/α-hetero) is 1. The molecular weight excluding hydrogens is 245 g/mol. The van der Waals surface area contributed by atoms with E-state index in [4.69, 9.17) is 4.74 Å². The first-order chi connectivity index (χ1) is 8.45. The minimum Gasteiger partial charge on any atom is -0.493 e. The van der Waals surface area contributed by atoms with Crippen LogP contribution in [0.15, 0.2) is 24.3 Å². The Kier molecular flexibility index (Phi) is 5.19. The number of hydrogen-bond donors (Lipinski definition) is 0. The molecule has 18 heavy (non-hydrogen) atoms. The number of hydrogen-bond acceptors (Lipinski definition) is 2. The molecule has 1 aromatic carbocycles. The van der Waals surface area contributed by atoms with E-state index in [2.05, 4.69) is 0 Å². The van der Waals surface area contributed by atoms with Crippen LogP contribution in [0.2, 0.25) is 0 Å². The van der Waals surface area contributed by atoms with Gasteiger partial charge in [0.1, 0.15) is 11.5 Å². The third-order valence-corrected chi connectivity index (χ3v) is 2.44. The Labute approximate surface area is 104 Å². The highest BCUT2D eigenvalue weighted by Crippen LogP contribution is 2.35. The van der Waals surface area contributed by atoms with Gasteiger partial charge in [-0.25, -0.2) is 0 Å². The van der Waals surface area contributed by atoms with E-state index in [1.807, 2.05) is 0 Å². The Morgan fingerprint density at radius 2 is 1.94 bits per heavy atom. The summed E-state index contributed by atoms with van der Waals surface area (Å²) in [5, 5.41) is 0. The van der Waals surface area contributed by atoms with Crippen molar-refractivity contribution in [2.75, 3.05) is 6.61 Å². The highest BCUT2D eigenvalue weighted by molar-refractivity contribution is 5.77. The lowest BCUT2D eigenvalue weighted by atomic mass is 10.2. The van der Waals surface area contributed by atoms with E-state index in [0.29, 0.717) is 19.3 Å². The Bertz CT molecular complexity index is 399. The minimum atomic E-state index is -4.42. The molecule has 0 saturated heterocycles. The zero-order chi connectivity index (χ0) is 13.6. The number of alkyl halides is 3. The van der Waals surface area contributed by atoms with Crippen molar-refractivity contribution in [2.45, 2.75) is 32.4 Å². The zero-order valence-corrected chi connectivity index (χ0v) is 10.1. The molecule has 0 N–H and O–H groups in total. The monoisotopic (exact) mass is 260 g/mol. The van der Waals surface area contributed by atoms with Gasteiger partial charge in [-0.15, -0.1) is 0 Å². The Hall–Kier alpha value is -1.52. The molecule has 1 aromatic rings. The van der Waals surface area contributed by atoms with E-state index in [1.54, 1.807) is 6.92 Å². The Balaban J connectivity index is 2.55. The maximum atomic E-state index is 12.6.